The Hall–Kier alpha value is 0.01000. The molecule has 2 rings (SSSR count). The first-order valence-corrected chi connectivity index (χ1v) is 5.07. The number of hydrogen-bond donors (Lipinski definition) is 1. The lowest BCUT2D eigenvalue weighted by Gasteiger charge is -2.01. The molecule has 1 aromatic carbocycles. The monoisotopic (exact) mass is 229 g/mol. The van der Waals surface area contributed by atoms with Crippen molar-refractivity contribution in [3.63, 3.8) is 0 Å². The van der Waals surface area contributed by atoms with Gasteiger partial charge < -0.3 is 0 Å². The van der Waals surface area contributed by atoms with E-state index in [1.807, 2.05) is 0 Å². The number of fused-ring (bicyclic) bond motifs is 1. The molecule has 0 fully saturated rings. The molecule has 0 radical (unpaired) electrons. The molecule has 1 aliphatic rings. The SMILES string of the molecule is Cc1cc(Br)cc2c1SNC2. The molecule has 58 valence electrons. The van der Waals surface area contributed by atoms with Crippen LogP contribution in [-0.2, 0) is 6.54 Å². The quantitative estimate of drug-likeness (QED) is 0.688. The van der Waals surface area contributed by atoms with Crippen molar-refractivity contribution in [1.29, 1.82) is 0 Å². The van der Waals surface area contributed by atoms with E-state index in [2.05, 4.69) is 39.7 Å². The van der Waals surface area contributed by atoms with Crippen LogP contribution >= 0.6 is 27.9 Å². The summed E-state index contributed by atoms with van der Waals surface area (Å²) in [5, 5.41) is 0. The van der Waals surface area contributed by atoms with Gasteiger partial charge in [0, 0.05) is 15.9 Å². The lowest BCUT2D eigenvalue weighted by molar-refractivity contribution is 0.987. The number of hydrogen-bond acceptors (Lipinski definition) is 2. The smallest absolute Gasteiger partial charge is 0.0325 e. The Balaban J connectivity index is 2.60. The van der Waals surface area contributed by atoms with Crippen molar-refractivity contribution >= 4 is 27.9 Å². The molecule has 0 unspecified atom stereocenters. The minimum absolute atomic E-state index is 0.986. The van der Waals surface area contributed by atoms with Crippen molar-refractivity contribution < 1.29 is 0 Å². The second-order valence-corrected chi connectivity index (χ2v) is 4.45. The fourth-order valence-electron chi connectivity index (χ4n) is 1.26. The topological polar surface area (TPSA) is 12.0 Å². The van der Waals surface area contributed by atoms with Gasteiger partial charge >= 0.3 is 0 Å². The summed E-state index contributed by atoms with van der Waals surface area (Å²) in [4.78, 5) is 1.40. The van der Waals surface area contributed by atoms with Crippen molar-refractivity contribution in [2.45, 2.75) is 18.4 Å². The minimum atomic E-state index is 0.986. The van der Waals surface area contributed by atoms with Crippen molar-refractivity contribution in [2.24, 2.45) is 0 Å². The summed E-state index contributed by atoms with van der Waals surface area (Å²) < 4.78 is 4.43. The molecule has 0 aliphatic carbocycles. The number of aryl methyl sites for hydroxylation is 1. The molecule has 1 aliphatic heterocycles. The molecule has 1 nitrogen and oxygen atoms in total. The zero-order chi connectivity index (χ0) is 7.84. The molecule has 0 atom stereocenters. The number of benzene rings is 1. The van der Waals surface area contributed by atoms with Gasteiger partial charge in [0.05, 0.1) is 0 Å². The molecular weight excluding hydrogens is 222 g/mol. The largest absolute Gasteiger partial charge is 0.255 e. The zero-order valence-corrected chi connectivity index (χ0v) is 8.55. The van der Waals surface area contributed by atoms with Crippen molar-refractivity contribution in [1.82, 2.24) is 4.72 Å². The first-order valence-electron chi connectivity index (χ1n) is 3.46. The molecule has 3 heteroatoms. The van der Waals surface area contributed by atoms with E-state index in [-0.39, 0.29) is 0 Å². The Morgan fingerprint density at radius 1 is 1.55 bits per heavy atom. The van der Waals surface area contributed by atoms with E-state index < -0.39 is 0 Å². The van der Waals surface area contributed by atoms with E-state index >= 15 is 0 Å². The average Bonchev–Trinajstić information content (AvgIpc) is 2.34. The molecule has 0 spiro atoms. The van der Waals surface area contributed by atoms with Gasteiger partial charge in [0.2, 0.25) is 0 Å². The highest BCUT2D eigenvalue weighted by Crippen LogP contribution is 2.32. The summed E-state index contributed by atoms with van der Waals surface area (Å²) in [5.41, 5.74) is 2.76. The molecule has 11 heavy (non-hydrogen) atoms. The molecule has 1 aromatic rings. The van der Waals surface area contributed by atoms with Crippen LogP contribution < -0.4 is 4.72 Å². The molecular formula is C8H8BrNS. The highest BCUT2D eigenvalue weighted by molar-refractivity contribution is 9.10. The van der Waals surface area contributed by atoms with Crippen LogP contribution in [0.15, 0.2) is 21.5 Å². The van der Waals surface area contributed by atoms with Crippen molar-refractivity contribution in [3.8, 4) is 0 Å². The number of rotatable bonds is 0. The maximum Gasteiger partial charge on any atom is 0.0325 e. The van der Waals surface area contributed by atoms with Gasteiger partial charge in [-0.15, -0.1) is 0 Å². The summed E-state index contributed by atoms with van der Waals surface area (Å²) in [6, 6.07) is 4.33. The molecule has 1 heterocycles. The Morgan fingerprint density at radius 2 is 2.36 bits per heavy atom. The van der Waals surface area contributed by atoms with Gasteiger partial charge in [-0.2, -0.15) is 0 Å². The van der Waals surface area contributed by atoms with E-state index in [4.69, 9.17) is 0 Å². The van der Waals surface area contributed by atoms with E-state index in [9.17, 15) is 0 Å². The van der Waals surface area contributed by atoms with Crippen molar-refractivity contribution in [2.75, 3.05) is 0 Å². The zero-order valence-electron chi connectivity index (χ0n) is 6.15. The maximum absolute atomic E-state index is 3.48. The van der Waals surface area contributed by atoms with Crippen LogP contribution in [0.2, 0.25) is 0 Å². The van der Waals surface area contributed by atoms with Gasteiger partial charge in [-0.05, 0) is 42.1 Å². The van der Waals surface area contributed by atoms with Gasteiger partial charge in [-0.3, -0.25) is 4.72 Å². The average molecular weight is 230 g/mol. The summed E-state index contributed by atoms with van der Waals surface area (Å²) >= 11 is 5.21. The fourth-order valence-corrected chi connectivity index (χ4v) is 2.74. The number of halogens is 1. The van der Waals surface area contributed by atoms with E-state index in [1.165, 1.54) is 20.5 Å². The van der Waals surface area contributed by atoms with Crippen LogP contribution in [0.25, 0.3) is 0 Å². The second kappa shape index (κ2) is 2.81. The van der Waals surface area contributed by atoms with E-state index in [1.54, 1.807) is 11.9 Å². The van der Waals surface area contributed by atoms with Crippen LogP contribution in [0.4, 0.5) is 0 Å². The van der Waals surface area contributed by atoms with Gasteiger partial charge in [0.25, 0.3) is 0 Å². The Bertz CT molecular complexity index is 298. The molecule has 0 aromatic heterocycles. The summed E-state index contributed by atoms with van der Waals surface area (Å²) in [5.74, 6) is 0. The lowest BCUT2D eigenvalue weighted by Crippen LogP contribution is -1.91. The highest BCUT2D eigenvalue weighted by atomic mass is 79.9. The molecule has 1 N–H and O–H groups in total. The third-order valence-electron chi connectivity index (χ3n) is 1.75. The van der Waals surface area contributed by atoms with Crippen LogP contribution in [0.5, 0.6) is 0 Å². The molecule has 0 bridgehead atoms. The highest BCUT2D eigenvalue weighted by Gasteiger charge is 2.13. The molecule has 0 saturated carbocycles. The lowest BCUT2D eigenvalue weighted by atomic mass is 10.1. The standard InChI is InChI=1S/C8H8BrNS/c1-5-2-7(9)3-6-4-10-11-8(5)6/h2-3,10H,4H2,1H3. The van der Waals surface area contributed by atoms with Crippen LogP contribution in [0.3, 0.4) is 0 Å². The summed E-state index contributed by atoms with van der Waals surface area (Å²) in [7, 11) is 0. The molecule has 0 saturated heterocycles. The van der Waals surface area contributed by atoms with E-state index in [0.717, 1.165) is 6.54 Å². The third kappa shape index (κ3) is 1.33. The van der Waals surface area contributed by atoms with Gasteiger partial charge in [0.15, 0.2) is 0 Å². The van der Waals surface area contributed by atoms with Crippen LogP contribution in [0, 0.1) is 6.92 Å². The predicted molar refractivity (Wildman–Crippen MR) is 51.6 cm³/mol. The number of nitrogens with one attached hydrogen (secondary N) is 1. The maximum atomic E-state index is 3.48. The predicted octanol–water partition coefficient (Wildman–Crippen LogP) is 2.87. The van der Waals surface area contributed by atoms with E-state index in [0.29, 0.717) is 0 Å². The Morgan fingerprint density at radius 3 is 3.18 bits per heavy atom. The van der Waals surface area contributed by atoms with Crippen LogP contribution in [-0.4, -0.2) is 0 Å². The fraction of sp³-hybridized carbons (Fsp3) is 0.250. The second-order valence-electron chi connectivity index (χ2n) is 2.63. The first-order chi connectivity index (χ1) is 5.27. The Kier molecular flexibility index (Phi) is 1.95. The van der Waals surface area contributed by atoms with Gasteiger partial charge in [0.1, 0.15) is 0 Å². The van der Waals surface area contributed by atoms with Crippen LogP contribution in [0.1, 0.15) is 11.1 Å². The first kappa shape index (κ1) is 7.65. The summed E-state index contributed by atoms with van der Waals surface area (Å²) in [6.45, 7) is 3.13. The third-order valence-corrected chi connectivity index (χ3v) is 3.29. The minimum Gasteiger partial charge on any atom is -0.255 e. The van der Waals surface area contributed by atoms with Gasteiger partial charge in [-0.1, -0.05) is 15.9 Å². The Labute approximate surface area is 78.8 Å². The molecule has 0 amide bonds. The normalized spacial score (nSPS) is 15.1. The van der Waals surface area contributed by atoms with Gasteiger partial charge in [-0.25, -0.2) is 0 Å². The van der Waals surface area contributed by atoms with Crippen molar-refractivity contribution in [3.05, 3.63) is 27.7 Å². The summed E-state index contributed by atoms with van der Waals surface area (Å²) in [6.07, 6.45) is 0.